The van der Waals surface area contributed by atoms with E-state index in [1.807, 2.05) is 24.3 Å². The maximum absolute atomic E-state index is 11.7. The van der Waals surface area contributed by atoms with Crippen LogP contribution in [0.4, 0.5) is 5.69 Å². The Bertz CT molecular complexity index is 576. The first kappa shape index (κ1) is 11.3. The molecular weight excluding hydrogens is 216 g/mol. The van der Waals surface area contributed by atoms with E-state index in [-0.39, 0.29) is 5.56 Å². The molecule has 4 nitrogen and oxygen atoms in total. The lowest BCUT2D eigenvalue weighted by atomic mass is 10.2. The van der Waals surface area contributed by atoms with Crippen LogP contribution in [0.25, 0.3) is 0 Å². The van der Waals surface area contributed by atoms with Crippen LogP contribution in [0.15, 0.2) is 47.4 Å². The fourth-order valence-corrected chi connectivity index (χ4v) is 1.67. The van der Waals surface area contributed by atoms with Gasteiger partial charge in [-0.15, -0.1) is 0 Å². The number of anilines is 1. The lowest BCUT2D eigenvalue weighted by Crippen LogP contribution is -2.19. The molecule has 1 heterocycles. The van der Waals surface area contributed by atoms with Gasteiger partial charge in [0.2, 0.25) is 0 Å². The first-order chi connectivity index (χ1) is 8.20. The summed E-state index contributed by atoms with van der Waals surface area (Å²) in [5.41, 5.74) is 6.86. The van der Waals surface area contributed by atoms with Gasteiger partial charge < -0.3 is 15.0 Å². The first-order valence-electron chi connectivity index (χ1n) is 5.28. The van der Waals surface area contributed by atoms with Crippen molar-refractivity contribution < 1.29 is 4.74 Å². The number of nitrogens with two attached hydrogens (primary N) is 1. The number of para-hydroxylation sites is 1. The summed E-state index contributed by atoms with van der Waals surface area (Å²) in [6.07, 6.45) is 1.68. The zero-order valence-corrected chi connectivity index (χ0v) is 9.59. The highest BCUT2D eigenvalue weighted by atomic mass is 16.5. The minimum Gasteiger partial charge on any atom is -0.496 e. The Labute approximate surface area is 99.3 Å². The van der Waals surface area contributed by atoms with Crippen LogP contribution in [0.5, 0.6) is 5.75 Å². The van der Waals surface area contributed by atoms with E-state index in [1.54, 1.807) is 23.9 Å². The van der Waals surface area contributed by atoms with Gasteiger partial charge in [-0.1, -0.05) is 18.2 Å². The Hall–Kier alpha value is -2.23. The fraction of sp³-hybridized carbons (Fsp3) is 0.154. The van der Waals surface area contributed by atoms with Gasteiger partial charge in [-0.05, 0) is 12.1 Å². The molecule has 0 aliphatic rings. The summed E-state index contributed by atoms with van der Waals surface area (Å²) in [7, 11) is 1.62. The van der Waals surface area contributed by atoms with Crippen LogP contribution in [0.1, 0.15) is 5.56 Å². The van der Waals surface area contributed by atoms with Crippen LogP contribution in [0.3, 0.4) is 0 Å². The number of benzene rings is 1. The lowest BCUT2D eigenvalue weighted by Gasteiger charge is -2.10. The summed E-state index contributed by atoms with van der Waals surface area (Å²) in [4.78, 5) is 11.7. The summed E-state index contributed by atoms with van der Waals surface area (Å²) < 4.78 is 6.83. The average molecular weight is 230 g/mol. The second kappa shape index (κ2) is 4.74. The van der Waals surface area contributed by atoms with Gasteiger partial charge in [0.05, 0.1) is 13.7 Å². The molecular formula is C13H14N2O2. The SMILES string of the molecule is COc1ccccc1Cn1ccc(N)cc1=O. The third-order valence-corrected chi connectivity index (χ3v) is 2.55. The minimum atomic E-state index is -0.115. The quantitative estimate of drug-likeness (QED) is 0.869. The third-order valence-electron chi connectivity index (χ3n) is 2.55. The summed E-state index contributed by atoms with van der Waals surface area (Å²) in [6, 6.07) is 10.7. The van der Waals surface area contributed by atoms with Crippen molar-refractivity contribution in [3.05, 3.63) is 58.5 Å². The van der Waals surface area contributed by atoms with Crippen LogP contribution in [-0.2, 0) is 6.54 Å². The molecule has 17 heavy (non-hydrogen) atoms. The van der Waals surface area contributed by atoms with Gasteiger partial charge in [-0.3, -0.25) is 4.79 Å². The van der Waals surface area contributed by atoms with Crippen LogP contribution in [0.2, 0.25) is 0 Å². The fourth-order valence-electron chi connectivity index (χ4n) is 1.67. The molecule has 0 saturated carbocycles. The molecule has 0 fully saturated rings. The number of hydrogen-bond donors (Lipinski definition) is 1. The molecule has 1 aromatic carbocycles. The number of nitrogens with zero attached hydrogens (tertiary/aromatic N) is 1. The maximum atomic E-state index is 11.7. The highest BCUT2D eigenvalue weighted by Gasteiger charge is 2.03. The Morgan fingerprint density at radius 1 is 1.29 bits per heavy atom. The molecule has 4 heteroatoms. The van der Waals surface area contributed by atoms with E-state index in [9.17, 15) is 4.79 Å². The van der Waals surface area contributed by atoms with Gasteiger partial charge in [0.1, 0.15) is 5.75 Å². The summed E-state index contributed by atoms with van der Waals surface area (Å²) in [6.45, 7) is 0.475. The number of methoxy groups -OCH3 is 1. The molecule has 2 N–H and O–H groups in total. The number of aromatic nitrogens is 1. The monoisotopic (exact) mass is 230 g/mol. The van der Waals surface area contributed by atoms with Gasteiger partial charge >= 0.3 is 0 Å². The topological polar surface area (TPSA) is 57.2 Å². The number of rotatable bonds is 3. The van der Waals surface area contributed by atoms with Crippen LogP contribution >= 0.6 is 0 Å². The lowest BCUT2D eigenvalue weighted by molar-refractivity contribution is 0.408. The first-order valence-corrected chi connectivity index (χ1v) is 5.28. The molecule has 0 bridgehead atoms. The molecule has 0 unspecified atom stereocenters. The Morgan fingerprint density at radius 3 is 2.76 bits per heavy atom. The van der Waals surface area contributed by atoms with Crippen LogP contribution in [0, 0.1) is 0 Å². The van der Waals surface area contributed by atoms with Crippen molar-refractivity contribution in [3.63, 3.8) is 0 Å². The minimum absolute atomic E-state index is 0.115. The molecule has 0 saturated heterocycles. The number of hydrogen-bond acceptors (Lipinski definition) is 3. The van der Waals surface area contributed by atoms with Crippen molar-refractivity contribution in [2.24, 2.45) is 0 Å². The van der Waals surface area contributed by atoms with E-state index in [0.29, 0.717) is 12.2 Å². The van der Waals surface area contributed by atoms with Crippen LogP contribution in [-0.4, -0.2) is 11.7 Å². The molecule has 88 valence electrons. The number of nitrogen functional groups attached to an aromatic ring is 1. The van der Waals surface area contributed by atoms with E-state index in [0.717, 1.165) is 11.3 Å². The van der Waals surface area contributed by atoms with Crippen molar-refractivity contribution in [2.75, 3.05) is 12.8 Å². The van der Waals surface area contributed by atoms with Crippen LogP contribution < -0.4 is 16.0 Å². The zero-order chi connectivity index (χ0) is 12.3. The van der Waals surface area contributed by atoms with Gasteiger partial charge in [-0.25, -0.2) is 0 Å². The molecule has 0 aliphatic heterocycles. The van der Waals surface area contributed by atoms with Gasteiger partial charge in [-0.2, -0.15) is 0 Å². The standard InChI is InChI=1S/C13H14N2O2/c1-17-12-5-3-2-4-10(12)9-15-7-6-11(14)8-13(15)16/h2-8H,9,14H2,1H3. The van der Waals surface area contributed by atoms with Gasteiger partial charge in [0.25, 0.3) is 5.56 Å². The van der Waals surface area contributed by atoms with E-state index >= 15 is 0 Å². The zero-order valence-electron chi connectivity index (χ0n) is 9.59. The molecule has 0 amide bonds. The molecule has 1 aromatic heterocycles. The van der Waals surface area contributed by atoms with Gasteiger partial charge in [0.15, 0.2) is 0 Å². The van der Waals surface area contributed by atoms with Gasteiger partial charge in [0, 0.05) is 23.5 Å². The van der Waals surface area contributed by atoms with E-state index in [2.05, 4.69) is 0 Å². The average Bonchev–Trinajstić information content (AvgIpc) is 2.33. The highest BCUT2D eigenvalue weighted by Crippen LogP contribution is 2.17. The molecule has 0 atom stereocenters. The Kier molecular flexibility index (Phi) is 3.14. The predicted octanol–water partition coefficient (Wildman–Crippen LogP) is 1.49. The van der Waals surface area contributed by atoms with Crippen molar-refractivity contribution in [1.29, 1.82) is 0 Å². The van der Waals surface area contributed by atoms with Crippen molar-refractivity contribution in [3.8, 4) is 5.75 Å². The Morgan fingerprint density at radius 2 is 2.06 bits per heavy atom. The predicted molar refractivity (Wildman–Crippen MR) is 67.2 cm³/mol. The normalized spacial score (nSPS) is 10.2. The van der Waals surface area contributed by atoms with Crippen molar-refractivity contribution >= 4 is 5.69 Å². The maximum Gasteiger partial charge on any atom is 0.252 e. The van der Waals surface area contributed by atoms with E-state index in [1.165, 1.54) is 6.07 Å². The van der Waals surface area contributed by atoms with Crippen molar-refractivity contribution in [2.45, 2.75) is 6.54 Å². The number of ether oxygens (including phenoxy) is 1. The second-order valence-corrected chi connectivity index (χ2v) is 3.74. The smallest absolute Gasteiger partial charge is 0.252 e. The Balaban J connectivity index is 2.35. The third kappa shape index (κ3) is 2.47. The number of pyridine rings is 1. The molecule has 0 radical (unpaired) electrons. The van der Waals surface area contributed by atoms with E-state index in [4.69, 9.17) is 10.5 Å². The molecule has 2 aromatic rings. The molecule has 2 rings (SSSR count). The summed E-state index contributed by atoms with van der Waals surface area (Å²) in [5, 5.41) is 0. The molecule has 0 spiro atoms. The highest BCUT2D eigenvalue weighted by molar-refractivity contribution is 5.36. The summed E-state index contributed by atoms with van der Waals surface area (Å²) >= 11 is 0. The largest absolute Gasteiger partial charge is 0.496 e. The molecule has 0 aliphatic carbocycles. The summed E-state index contributed by atoms with van der Waals surface area (Å²) in [5.74, 6) is 0.774. The van der Waals surface area contributed by atoms with E-state index < -0.39 is 0 Å². The van der Waals surface area contributed by atoms with Crippen molar-refractivity contribution in [1.82, 2.24) is 4.57 Å². The second-order valence-electron chi connectivity index (χ2n) is 3.74.